The number of anilines is 1. The lowest BCUT2D eigenvalue weighted by molar-refractivity contribution is -0.383. The van der Waals surface area contributed by atoms with Crippen LogP contribution in [0.1, 0.15) is 26.7 Å². The van der Waals surface area contributed by atoms with Gasteiger partial charge in [0.15, 0.2) is 5.00 Å². The Labute approximate surface area is 121 Å². The summed E-state index contributed by atoms with van der Waals surface area (Å²) in [5.41, 5.74) is 1.82. The van der Waals surface area contributed by atoms with E-state index in [9.17, 15) is 18.5 Å². The van der Waals surface area contributed by atoms with Crippen molar-refractivity contribution in [3.05, 3.63) is 16.2 Å². The molecule has 3 N–H and O–H groups in total. The number of rotatable bonds is 7. The van der Waals surface area contributed by atoms with Crippen LogP contribution in [0, 0.1) is 10.1 Å². The van der Waals surface area contributed by atoms with Crippen LogP contribution in [0.4, 0.5) is 10.7 Å². The highest BCUT2D eigenvalue weighted by molar-refractivity contribution is 7.91. The summed E-state index contributed by atoms with van der Waals surface area (Å²) in [5, 5.41) is 10.9. The highest BCUT2D eigenvalue weighted by Gasteiger charge is 2.30. The van der Waals surface area contributed by atoms with Gasteiger partial charge in [-0.2, -0.15) is 4.31 Å². The maximum Gasteiger partial charge on any atom is 0.306 e. The lowest BCUT2D eigenvalue weighted by Gasteiger charge is -2.22. The Balaban J connectivity index is 3.19. The Kier molecular flexibility index (Phi) is 5.45. The van der Waals surface area contributed by atoms with E-state index in [1.165, 1.54) is 11.4 Å². The molecule has 0 aliphatic rings. The van der Waals surface area contributed by atoms with Crippen molar-refractivity contribution in [2.24, 2.45) is 5.84 Å². The van der Waals surface area contributed by atoms with Crippen molar-refractivity contribution in [3.63, 3.8) is 0 Å². The number of nitrogens with zero attached hydrogens (tertiary/aromatic N) is 2. The summed E-state index contributed by atoms with van der Waals surface area (Å²) in [7, 11) is -2.28. The molecule has 1 rings (SSSR count). The summed E-state index contributed by atoms with van der Waals surface area (Å²) in [5.74, 6) is 5.18. The van der Waals surface area contributed by atoms with Crippen LogP contribution < -0.4 is 11.3 Å². The minimum Gasteiger partial charge on any atom is -0.310 e. The number of hydrogen-bond acceptors (Lipinski definition) is 7. The van der Waals surface area contributed by atoms with Gasteiger partial charge in [0.25, 0.3) is 10.0 Å². The first kappa shape index (κ1) is 16.8. The molecule has 0 bridgehead atoms. The third-order valence-electron chi connectivity index (χ3n) is 2.98. The highest BCUT2D eigenvalue weighted by Crippen LogP contribution is 2.37. The van der Waals surface area contributed by atoms with Crippen LogP contribution >= 0.6 is 11.3 Å². The van der Waals surface area contributed by atoms with E-state index in [0.717, 1.165) is 23.8 Å². The molecule has 1 atom stereocenters. The smallest absolute Gasteiger partial charge is 0.306 e. The Bertz CT molecular complexity index is 584. The van der Waals surface area contributed by atoms with E-state index in [2.05, 4.69) is 5.43 Å². The van der Waals surface area contributed by atoms with Gasteiger partial charge >= 0.3 is 5.69 Å². The molecule has 0 aliphatic heterocycles. The molecule has 0 saturated heterocycles. The number of nitrogens with two attached hydrogens (primary N) is 1. The Morgan fingerprint density at radius 2 is 2.20 bits per heavy atom. The van der Waals surface area contributed by atoms with Gasteiger partial charge < -0.3 is 5.43 Å². The average molecular weight is 322 g/mol. The predicted molar refractivity (Wildman–Crippen MR) is 78.1 cm³/mol. The first-order valence-electron chi connectivity index (χ1n) is 5.98. The normalized spacial score (nSPS) is 13.4. The fourth-order valence-electron chi connectivity index (χ4n) is 1.70. The molecule has 114 valence electrons. The third-order valence-corrected chi connectivity index (χ3v) is 6.45. The zero-order valence-electron chi connectivity index (χ0n) is 11.5. The summed E-state index contributed by atoms with van der Waals surface area (Å²) < 4.78 is 25.9. The minimum atomic E-state index is -3.75. The van der Waals surface area contributed by atoms with E-state index in [4.69, 9.17) is 5.84 Å². The summed E-state index contributed by atoms with van der Waals surface area (Å²) in [6.07, 6.45) is 1.56. The second-order valence-electron chi connectivity index (χ2n) is 4.34. The first-order valence-corrected chi connectivity index (χ1v) is 8.24. The van der Waals surface area contributed by atoms with Crippen LogP contribution in [0.25, 0.3) is 0 Å². The molecule has 1 heterocycles. The molecule has 0 spiro atoms. The fraction of sp³-hybridized carbons (Fsp3) is 0.600. The Morgan fingerprint density at radius 3 is 2.60 bits per heavy atom. The van der Waals surface area contributed by atoms with E-state index >= 15 is 0 Å². The molecule has 1 aromatic rings. The van der Waals surface area contributed by atoms with E-state index in [1.807, 2.05) is 6.92 Å². The largest absolute Gasteiger partial charge is 0.310 e. The van der Waals surface area contributed by atoms with Gasteiger partial charge in [-0.1, -0.05) is 24.7 Å². The maximum atomic E-state index is 12.4. The van der Waals surface area contributed by atoms with Crippen LogP contribution in [0.15, 0.2) is 10.3 Å². The Hall–Kier alpha value is -1.23. The summed E-state index contributed by atoms with van der Waals surface area (Å²) in [6.45, 7) is 3.76. The van der Waals surface area contributed by atoms with Crippen molar-refractivity contribution < 1.29 is 13.3 Å². The van der Waals surface area contributed by atoms with Gasteiger partial charge in [-0.25, -0.2) is 14.3 Å². The molecule has 0 aromatic carbocycles. The lowest BCUT2D eigenvalue weighted by Crippen LogP contribution is -2.34. The molecular weight excluding hydrogens is 304 g/mol. The molecule has 1 unspecified atom stereocenters. The minimum absolute atomic E-state index is 0.0186. The number of hydrazine groups is 1. The Morgan fingerprint density at radius 1 is 1.60 bits per heavy atom. The van der Waals surface area contributed by atoms with Crippen molar-refractivity contribution in [1.82, 2.24) is 4.31 Å². The molecular formula is C10H18N4O4S2. The van der Waals surface area contributed by atoms with Crippen molar-refractivity contribution in [3.8, 4) is 0 Å². The van der Waals surface area contributed by atoms with Gasteiger partial charge in [0, 0.05) is 19.2 Å². The number of thiophene rings is 1. The summed E-state index contributed by atoms with van der Waals surface area (Å²) in [4.78, 5) is 10.2. The van der Waals surface area contributed by atoms with E-state index < -0.39 is 14.9 Å². The SMILES string of the molecule is CCCC(C)N(C)S(=O)(=O)c1cc([N+](=O)[O-])c(NN)s1. The van der Waals surface area contributed by atoms with Crippen LogP contribution in [-0.2, 0) is 10.0 Å². The number of nitrogen functional groups attached to an aromatic ring is 1. The van der Waals surface area contributed by atoms with Gasteiger partial charge in [-0.15, -0.1) is 0 Å². The number of hydrogen-bond donors (Lipinski definition) is 2. The molecule has 1 aromatic heterocycles. The van der Waals surface area contributed by atoms with Gasteiger partial charge in [-0.3, -0.25) is 10.1 Å². The van der Waals surface area contributed by atoms with E-state index in [1.54, 1.807) is 6.92 Å². The summed E-state index contributed by atoms with van der Waals surface area (Å²) in [6, 6.07) is 0.852. The zero-order chi connectivity index (χ0) is 15.5. The van der Waals surface area contributed by atoms with Crippen molar-refractivity contribution >= 4 is 32.0 Å². The van der Waals surface area contributed by atoms with Gasteiger partial charge in [0.1, 0.15) is 4.21 Å². The topological polar surface area (TPSA) is 119 Å². The van der Waals surface area contributed by atoms with Crippen LogP contribution in [0.2, 0.25) is 0 Å². The zero-order valence-corrected chi connectivity index (χ0v) is 13.1. The fourth-order valence-corrected chi connectivity index (χ4v) is 4.52. The van der Waals surface area contributed by atoms with Crippen LogP contribution in [-0.4, -0.2) is 30.7 Å². The lowest BCUT2D eigenvalue weighted by atomic mass is 10.2. The number of sulfonamides is 1. The van der Waals surface area contributed by atoms with Crippen LogP contribution in [0.3, 0.4) is 0 Å². The van der Waals surface area contributed by atoms with Gasteiger partial charge in [0.05, 0.1) is 4.92 Å². The van der Waals surface area contributed by atoms with Crippen molar-refractivity contribution in [2.45, 2.75) is 36.9 Å². The quantitative estimate of drug-likeness (QED) is 0.448. The molecule has 0 amide bonds. The molecule has 0 saturated carbocycles. The van der Waals surface area contributed by atoms with Gasteiger partial charge in [-0.05, 0) is 13.3 Å². The monoisotopic (exact) mass is 322 g/mol. The number of nitrogens with one attached hydrogen (secondary N) is 1. The molecule has 8 nitrogen and oxygen atoms in total. The van der Waals surface area contributed by atoms with Crippen LogP contribution in [0.5, 0.6) is 0 Å². The molecule has 0 radical (unpaired) electrons. The molecule has 20 heavy (non-hydrogen) atoms. The van der Waals surface area contributed by atoms with Crippen molar-refractivity contribution in [1.29, 1.82) is 0 Å². The maximum absolute atomic E-state index is 12.4. The highest BCUT2D eigenvalue weighted by atomic mass is 32.2. The first-order chi connectivity index (χ1) is 9.25. The van der Waals surface area contributed by atoms with Crippen molar-refractivity contribution in [2.75, 3.05) is 12.5 Å². The summed E-state index contributed by atoms with van der Waals surface area (Å²) >= 11 is 0.751. The van der Waals surface area contributed by atoms with Gasteiger partial charge in [0.2, 0.25) is 0 Å². The molecule has 0 aliphatic carbocycles. The standard InChI is InChI=1S/C10H18N4O4S2/c1-4-5-7(2)13(3)20(17,18)9-6-8(14(15)16)10(12-11)19-9/h6-7,12H,4-5,11H2,1-3H3. The van der Waals surface area contributed by atoms with E-state index in [-0.39, 0.29) is 20.9 Å². The molecule has 0 fully saturated rings. The second kappa shape index (κ2) is 6.48. The van der Waals surface area contributed by atoms with E-state index in [0.29, 0.717) is 6.42 Å². The predicted octanol–water partition coefficient (Wildman–Crippen LogP) is 1.75. The number of nitro groups is 1. The third kappa shape index (κ3) is 3.26. The average Bonchev–Trinajstić information content (AvgIpc) is 2.82. The molecule has 10 heteroatoms. The second-order valence-corrected chi connectivity index (χ2v) is 7.62.